The van der Waals surface area contributed by atoms with Crippen molar-refractivity contribution in [2.45, 2.75) is 20.3 Å². The van der Waals surface area contributed by atoms with Gasteiger partial charge in [-0.25, -0.2) is 15.0 Å². The molecule has 0 atom stereocenters. The Bertz CT molecular complexity index is 1550. The number of H-pyrrole nitrogens is 2. The molecule has 0 saturated heterocycles. The summed E-state index contributed by atoms with van der Waals surface area (Å²) in [5, 5.41) is 8.03. The lowest BCUT2D eigenvalue weighted by atomic mass is 10.0. The summed E-state index contributed by atoms with van der Waals surface area (Å²) in [5.41, 5.74) is 6.66. The zero-order valence-electron chi connectivity index (χ0n) is 18.2. The highest BCUT2D eigenvalue weighted by atomic mass is 32.1. The van der Waals surface area contributed by atoms with Gasteiger partial charge in [-0.3, -0.25) is 5.10 Å². The third kappa shape index (κ3) is 3.78. The molecule has 0 aromatic carbocycles. The van der Waals surface area contributed by atoms with E-state index in [4.69, 9.17) is 0 Å². The van der Waals surface area contributed by atoms with E-state index >= 15 is 0 Å². The summed E-state index contributed by atoms with van der Waals surface area (Å²) in [6, 6.07) is 7.13. The standard InChI is InChI=1S/C25H21FN6S/c1-4-14(5-2)11-15(6-3)16-12-18-22(31-32-23(18)28-13-16)25-29-21-17(9-10-27-24(21)30-25)19-7-8-20(26)33-19/h4,6-13H,1,5H2,2-3H3,(H,27,29,30)(H,28,31,32)/b14-11+,15-6+. The molecule has 8 heteroatoms. The topological polar surface area (TPSA) is 83.1 Å². The minimum absolute atomic E-state index is 0.232. The van der Waals surface area contributed by atoms with Crippen molar-refractivity contribution in [3.8, 4) is 22.0 Å². The number of rotatable bonds is 6. The average Bonchev–Trinajstić information content (AvgIpc) is 3.56. The molecular formula is C25H21FN6S. The van der Waals surface area contributed by atoms with Gasteiger partial charge in [-0.2, -0.15) is 9.49 Å². The third-order valence-corrected chi connectivity index (χ3v) is 6.44. The molecule has 0 aliphatic carbocycles. The van der Waals surface area contributed by atoms with E-state index in [-0.39, 0.29) is 5.13 Å². The second-order valence-corrected chi connectivity index (χ2v) is 8.49. The number of nitrogens with zero attached hydrogens (tertiary/aromatic N) is 4. The van der Waals surface area contributed by atoms with Crippen LogP contribution in [-0.2, 0) is 0 Å². The molecule has 0 bridgehead atoms. The number of imidazole rings is 1. The van der Waals surface area contributed by atoms with Crippen molar-refractivity contribution >= 4 is 39.1 Å². The number of thiophene rings is 1. The maximum atomic E-state index is 13.6. The highest BCUT2D eigenvalue weighted by Gasteiger charge is 2.17. The fraction of sp³-hybridized carbons (Fsp3) is 0.120. The highest BCUT2D eigenvalue weighted by molar-refractivity contribution is 7.14. The SMILES string of the molecule is C=C/C(=C\C(=C/C)c1cnc2n[nH]c(-c3nc4nccc(-c5ccc(F)s5)c4[nH]3)c2c1)CC. The van der Waals surface area contributed by atoms with Crippen LogP contribution >= 0.6 is 11.3 Å². The Morgan fingerprint density at radius 1 is 1.21 bits per heavy atom. The quantitative estimate of drug-likeness (QED) is 0.279. The molecule has 33 heavy (non-hydrogen) atoms. The van der Waals surface area contributed by atoms with Gasteiger partial charge >= 0.3 is 0 Å². The molecule has 0 spiro atoms. The van der Waals surface area contributed by atoms with Gasteiger partial charge in [-0.1, -0.05) is 31.7 Å². The van der Waals surface area contributed by atoms with Gasteiger partial charge in [0.25, 0.3) is 0 Å². The predicted molar refractivity (Wildman–Crippen MR) is 132 cm³/mol. The van der Waals surface area contributed by atoms with E-state index < -0.39 is 0 Å². The predicted octanol–water partition coefficient (Wildman–Crippen LogP) is 6.69. The number of halogens is 1. The lowest BCUT2D eigenvalue weighted by molar-refractivity contribution is 0.657. The number of hydrogen-bond donors (Lipinski definition) is 2. The van der Waals surface area contributed by atoms with Crippen molar-refractivity contribution in [2.24, 2.45) is 0 Å². The Labute approximate surface area is 193 Å². The van der Waals surface area contributed by atoms with Gasteiger partial charge < -0.3 is 4.98 Å². The van der Waals surface area contributed by atoms with Gasteiger partial charge in [0.15, 0.2) is 22.2 Å². The van der Waals surface area contributed by atoms with Crippen LogP contribution in [0.2, 0.25) is 0 Å². The van der Waals surface area contributed by atoms with Crippen LogP contribution < -0.4 is 0 Å². The van der Waals surface area contributed by atoms with Crippen LogP contribution in [0.25, 0.3) is 49.7 Å². The maximum Gasteiger partial charge on any atom is 0.181 e. The van der Waals surface area contributed by atoms with E-state index in [2.05, 4.69) is 61.9 Å². The Hall–Kier alpha value is -3.91. The van der Waals surface area contributed by atoms with Crippen molar-refractivity contribution in [1.29, 1.82) is 0 Å². The van der Waals surface area contributed by atoms with Crippen LogP contribution in [0, 0.1) is 5.13 Å². The molecule has 0 radical (unpaired) electrons. The molecule has 5 aromatic rings. The van der Waals surface area contributed by atoms with E-state index in [1.54, 1.807) is 12.3 Å². The van der Waals surface area contributed by atoms with Crippen LogP contribution in [-0.4, -0.2) is 30.1 Å². The lowest BCUT2D eigenvalue weighted by Gasteiger charge is -2.05. The molecule has 0 aliphatic rings. The van der Waals surface area contributed by atoms with Gasteiger partial charge in [0.05, 0.1) is 10.9 Å². The smallest absolute Gasteiger partial charge is 0.181 e. The summed E-state index contributed by atoms with van der Waals surface area (Å²) >= 11 is 1.09. The van der Waals surface area contributed by atoms with E-state index in [1.807, 2.05) is 25.3 Å². The van der Waals surface area contributed by atoms with Crippen LogP contribution in [0.1, 0.15) is 25.8 Å². The molecule has 0 saturated carbocycles. The Balaban J connectivity index is 1.63. The van der Waals surface area contributed by atoms with Gasteiger partial charge in [0.2, 0.25) is 0 Å². The van der Waals surface area contributed by atoms with Crippen LogP contribution in [0.5, 0.6) is 0 Å². The van der Waals surface area contributed by atoms with E-state index in [0.717, 1.165) is 61.5 Å². The molecule has 2 N–H and O–H groups in total. The minimum Gasteiger partial charge on any atom is -0.335 e. The highest BCUT2D eigenvalue weighted by Crippen LogP contribution is 2.34. The molecule has 5 heterocycles. The van der Waals surface area contributed by atoms with Crippen LogP contribution in [0.15, 0.2) is 67.0 Å². The van der Waals surface area contributed by atoms with Gasteiger partial charge in [0.1, 0.15) is 5.69 Å². The number of aromatic nitrogens is 6. The number of fused-ring (bicyclic) bond motifs is 2. The second kappa shape index (κ2) is 8.55. The van der Waals surface area contributed by atoms with E-state index in [9.17, 15) is 4.39 Å². The molecule has 6 nitrogen and oxygen atoms in total. The van der Waals surface area contributed by atoms with Crippen molar-refractivity contribution < 1.29 is 4.39 Å². The summed E-state index contributed by atoms with van der Waals surface area (Å²) in [6.07, 6.45) is 10.4. The van der Waals surface area contributed by atoms with Gasteiger partial charge in [-0.05, 0) is 48.8 Å². The maximum absolute atomic E-state index is 13.6. The summed E-state index contributed by atoms with van der Waals surface area (Å²) in [6.45, 7) is 8.00. The van der Waals surface area contributed by atoms with Crippen LogP contribution in [0.3, 0.4) is 0 Å². The lowest BCUT2D eigenvalue weighted by Crippen LogP contribution is -1.87. The zero-order valence-corrected chi connectivity index (χ0v) is 19.0. The van der Waals surface area contributed by atoms with Crippen molar-refractivity contribution in [1.82, 2.24) is 30.1 Å². The summed E-state index contributed by atoms with van der Waals surface area (Å²) in [4.78, 5) is 17.8. The third-order valence-electron chi connectivity index (χ3n) is 5.53. The number of allylic oxidation sites excluding steroid dienone is 5. The number of hydrogen-bond acceptors (Lipinski definition) is 5. The van der Waals surface area contributed by atoms with E-state index in [1.165, 1.54) is 6.07 Å². The Morgan fingerprint density at radius 3 is 2.82 bits per heavy atom. The van der Waals surface area contributed by atoms with Crippen LogP contribution in [0.4, 0.5) is 4.39 Å². The summed E-state index contributed by atoms with van der Waals surface area (Å²) < 4.78 is 13.6. The molecular weight excluding hydrogens is 435 g/mol. The number of nitrogens with one attached hydrogen (secondary N) is 2. The monoisotopic (exact) mass is 456 g/mol. The average molecular weight is 457 g/mol. The Kier molecular flexibility index (Phi) is 5.43. The molecule has 0 fully saturated rings. The number of pyridine rings is 2. The Morgan fingerprint density at radius 2 is 2.09 bits per heavy atom. The van der Waals surface area contributed by atoms with Gasteiger partial charge in [0, 0.05) is 28.4 Å². The van der Waals surface area contributed by atoms with Crippen molar-refractivity contribution in [3.05, 3.63) is 77.7 Å². The summed E-state index contributed by atoms with van der Waals surface area (Å²) in [7, 11) is 0. The second-order valence-electron chi connectivity index (χ2n) is 7.46. The largest absolute Gasteiger partial charge is 0.335 e. The molecule has 0 aliphatic heterocycles. The molecule has 0 amide bonds. The first kappa shape index (κ1) is 21.0. The first-order valence-corrected chi connectivity index (χ1v) is 11.4. The molecule has 0 unspecified atom stereocenters. The molecule has 5 aromatic heterocycles. The molecule has 5 rings (SSSR count). The fourth-order valence-corrected chi connectivity index (χ4v) is 4.53. The minimum atomic E-state index is -0.232. The van der Waals surface area contributed by atoms with Gasteiger partial charge in [-0.15, -0.1) is 11.3 Å². The normalized spacial score (nSPS) is 12.7. The number of aromatic amines is 2. The first-order chi connectivity index (χ1) is 16.1. The summed E-state index contributed by atoms with van der Waals surface area (Å²) in [5.74, 6) is 0.598. The van der Waals surface area contributed by atoms with Crippen molar-refractivity contribution in [2.75, 3.05) is 0 Å². The zero-order chi connectivity index (χ0) is 22.9. The van der Waals surface area contributed by atoms with E-state index in [0.29, 0.717) is 17.1 Å². The first-order valence-electron chi connectivity index (χ1n) is 10.6. The molecule has 164 valence electrons. The van der Waals surface area contributed by atoms with Crippen molar-refractivity contribution in [3.63, 3.8) is 0 Å². The fourth-order valence-electron chi connectivity index (χ4n) is 3.77.